The molecular weight excluding hydrogens is 287 g/mol. The van der Waals surface area contributed by atoms with E-state index in [-0.39, 0.29) is 0 Å². The summed E-state index contributed by atoms with van der Waals surface area (Å²) in [4.78, 5) is 0. The Morgan fingerprint density at radius 3 is 2.28 bits per heavy atom. The smallest absolute Gasteiger partial charge is 0.0514 e. The fraction of sp³-hybridized carbons (Fsp3) is 0.0667. The van der Waals surface area contributed by atoms with Gasteiger partial charge in [-0.2, -0.15) is 0 Å². The summed E-state index contributed by atoms with van der Waals surface area (Å²) in [6, 6.07) is 11.7. The molecule has 0 spiro atoms. The van der Waals surface area contributed by atoms with Crippen LogP contribution in [0.25, 0.3) is 5.57 Å². The molecule has 0 unspecified atom stereocenters. The zero-order valence-corrected chi connectivity index (χ0v) is 11.7. The highest BCUT2D eigenvalue weighted by Crippen LogP contribution is 2.40. The van der Waals surface area contributed by atoms with E-state index in [1.165, 1.54) is 11.1 Å². The van der Waals surface area contributed by atoms with Gasteiger partial charge in [0.1, 0.15) is 0 Å². The molecule has 0 atom stereocenters. The highest BCUT2D eigenvalue weighted by Gasteiger charge is 2.19. The van der Waals surface area contributed by atoms with Crippen molar-refractivity contribution >= 4 is 40.4 Å². The average Bonchev–Trinajstić information content (AvgIpc) is 2.72. The minimum absolute atomic E-state index is 0.556. The molecule has 0 N–H and O–H groups in total. The van der Waals surface area contributed by atoms with Crippen LogP contribution < -0.4 is 0 Å². The van der Waals surface area contributed by atoms with Crippen LogP contribution in [-0.4, -0.2) is 0 Å². The lowest BCUT2D eigenvalue weighted by molar-refractivity contribution is 1.31. The van der Waals surface area contributed by atoms with Crippen LogP contribution in [0.3, 0.4) is 0 Å². The van der Waals surface area contributed by atoms with Crippen molar-refractivity contribution < 1.29 is 0 Å². The predicted octanol–water partition coefficient (Wildman–Crippen LogP) is 5.63. The minimum Gasteiger partial charge on any atom is -0.0842 e. The van der Waals surface area contributed by atoms with Crippen molar-refractivity contribution in [3.8, 4) is 0 Å². The maximum Gasteiger partial charge on any atom is 0.0514 e. The largest absolute Gasteiger partial charge is 0.0842 e. The third kappa shape index (κ3) is 1.95. The molecule has 0 nitrogen and oxygen atoms in total. The molecule has 0 saturated carbocycles. The summed E-state index contributed by atoms with van der Waals surface area (Å²) < 4.78 is 0. The van der Waals surface area contributed by atoms with E-state index in [1.54, 1.807) is 12.1 Å². The van der Waals surface area contributed by atoms with Gasteiger partial charge in [0.2, 0.25) is 0 Å². The summed E-state index contributed by atoms with van der Waals surface area (Å²) in [5.41, 5.74) is 4.46. The van der Waals surface area contributed by atoms with Crippen LogP contribution in [0.4, 0.5) is 0 Å². The Labute approximate surface area is 121 Å². The average molecular weight is 296 g/mol. The van der Waals surface area contributed by atoms with Crippen molar-refractivity contribution in [2.75, 3.05) is 0 Å². The van der Waals surface area contributed by atoms with Crippen LogP contribution >= 0.6 is 34.8 Å². The SMILES string of the molecule is Clc1cc(Cl)c(C2=CCc3ccccc32)c(Cl)c1. The van der Waals surface area contributed by atoms with Crippen LogP contribution in [0.2, 0.25) is 15.1 Å². The molecule has 2 aromatic carbocycles. The van der Waals surface area contributed by atoms with Crippen LogP contribution in [0.1, 0.15) is 16.7 Å². The fourth-order valence-electron chi connectivity index (χ4n) is 2.32. The van der Waals surface area contributed by atoms with E-state index >= 15 is 0 Å². The van der Waals surface area contributed by atoms with Crippen molar-refractivity contribution in [3.05, 3.63) is 74.2 Å². The maximum atomic E-state index is 6.27. The van der Waals surface area contributed by atoms with Crippen molar-refractivity contribution in [2.24, 2.45) is 0 Å². The van der Waals surface area contributed by atoms with E-state index in [9.17, 15) is 0 Å². The van der Waals surface area contributed by atoms with E-state index in [0.29, 0.717) is 15.1 Å². The lowest BCUT2D eigenvalue weighted by Gasteiger charge is -2.11. The van der Waals surface area contributed by atoms with Gasteiger partial charge in [0.25, 0.3) is 0 Å². The second-order valence-corrected chi connectivity index (χ2v) is 5.47. The first-order valence-corrected chi connectivity index (χ1v) is 6.73. The topological polar surface area (TPSA) is 0 Å². The van der Waals surface area contributed by atoms with E-state index in [2.05, 4.69) is 18.2 Å². The third-order valence-electron chi connectivity index (χ3n) is 3.11. The summed E-state index contributed by atoms with van der Waals surface area (Å²) in [7, 11) is 0. The standard InChI is InChI=1S/C15H9Cl3/c16-10-7-13(17)15(14(18)8-10)12-6-5-9-3-1-2-4-11(9)12/h1-4,6-8H,5H2. The molecule has 0 aromatic heterocycles. The quantitative estimate of drug-likeness (QED) is 0.639. The molecule has 0 aliphatic heterocycles. The van der Waals surface area contributed by atoms with Crippen LogP contribution in [-0.2, 0) is 6.42 Å². The zero-order chi connectivity index (χ0) is 12.7. The van der Waals surface area contributed by atoms with Gasteiger partial charge < -0.3 is 0 Å². The van der Waals surface area contributed by atoms with Crippen molar-refractivity contribution in [3.63, 3.8) is 0 Å². The van der Waals surface area contributed by atoms with E-state index in [1.807, 2.05) is 12.1 Å². The highest BCUT2D eigenvalue weighted by molar-refractivity contribution is 6.40. The van der Waals surface area contributed by atoms with Gasteiger partial charge in [0.15, 0.2) is 0 Å². The summed E-state index contributed by atoms with van der Waals surface area (Å²) in [5.74, 6) is 0. The van der Waals surface area contributed by atoms with Gasteiger partial charge in [0.05, 0.1) is 10.0 Å². The highest BCUT2D eigenvalue weighted by atomic mass is 35.5. The van der Waals surface area contributed by atoms with Crippen molar-refractivity contribution in [1.82, 2.24) is 0 Å². The van der Waals surface area contributed by atoms with Crippen molar-refractivity contribution in [2.45, 2.75) is 6.42 Å². The summed E-state index contributed by atoms with van der Waals surface area (Å²) in [6.07, 6.45) is 3.08. The zero-order valence-electron chi connectivity index (χ0n) is 9.38. The minimum atomic E-state index is 0.556. The van der Waals surface area contributed by atoms with Gasteiger partial charge in [-0.1, -0.05) is 65.1 Å². The van der Waals surface area contributed by atoms with Crippen LogP contribution in [0.5, 0.6) is 0 Å². The second kappa shape index (κ2) is 4.62. The van der Waals surface area contributed by atoms with Crippen molar-refractivity contribution in [1.29, 1.82) is 0 Å². The monoisotopic (exact) mass is 294 g/mol. The third-order valence-corrected chi connectivity index (χ3v) is 3.92. The molecule has 3 rings (SSSR count). The number of benzene rings is 2. The number of hydrogen-bond donors (Lipinski definition) is 0. The van der Waals surface area contributed by atoms with Gasteiger partial charge in [-0.05, 0) is 35.3 Å². The van der Waals surface area contributed by atoms with E-state index in [4.69, 9.17) is 34.8 Å². The first kappa shape index (κ1) is 12.1. The number of fused-ring (bicyclic) bond motifs is 1. The van der Waals surface area contributed by atoms with Crippen LogP contribution in [0.15, 0.2) is 42.5 Å². The molecule has 0 saturated heterocycles. The Hall–Kier alpha value is -0.950. The van der Waals surface area contributed by atoms with E-state index in [0.717, 1.165) is 17.6 Å². The molecule has 0 fully saturated rings. The summed E-state index contributed by atoms with van der Waals surface area (Å²) in [5, 5.41) is 1.74. The summed E-state index contributed by atoms with van der Waals surface area (Å²) >= 11 is 18.5. The van der Waals surface area contributed by atoms with Gasteiger partial charge in [-0.15, -0.1) is 0 Å². The Morgan fingerprint density at radius 1 is 0.889 bits per heavy atom. The molecule has 3 heteroatoms. The molecule has 0 heterocycles. The molecule has 0 bridgehead atoms. The Kier molecular flexibility index (Phi) is 3.11. The van der Waals surface area contributed by atoms with Gasteiger partial charge in [0, 0.05) is 10.6 Å². The second-order valence-electron chi connectivity index (χ2n) is 4.22. The number of rotatable bonds is 1. The fourth-order valence-corrected chi connectivity index (χ4v) is 3.34. The Balaban J connectivity index is 2.19. The molecule has 0 radical (unpaired) electrons. The molecule has 1 aliphatic carbocycles. The maximum absolute atomic E-state index is 6.27. The first-order chi connectivity index (χ1) is 8.66. The molecule has 1 aliphatic rings. The molecule has 90 valence electrons. The van der Waals surface area contributed by atoms with Gasteiger partial charge in [-0.3, -0.25) is 0 Å². The lowest BCUT2D eigenvalue weighted by atomic mass is 9.99. The van der Waals surface area contributed by atoms with Crippen LogP contribution in [0, 0.1) is 0 Å². The lowest BCUT2D eigenvalue weighted by Crippen LogP contribution is -1.89. The van der Waals surface area contributed by atoms with Gasteiger partial charge in [-0.25, -0.2) is 0 Å². The number of halogens is 3. The van der Waals surface area contributed by atoms with Gasteiger partial charge >= 0.3 is 0 Å². The molecular formula is C15H9Cl3. The number of allylic oxidation sites excluding steroid dienone is 1. The number of hydrogen-bond acceptors (Lipinski definition) is 0. The first-order valence-electron chi connectivity index (χ1n) is 5.60. The Bertz CT molecular complexity index is 634. The molecule has 18 heavy (non-hydrogen) atoms. The molecule has 0 amide bonds. The Morgan fingerprint density at radius 2 is 1.56 bits per heavy atom. The molecule has 2 aromatic rings. The van der Waals surface area contributed by atoms with E-state index < -0.39 is 0 Å². The summed E-state index contributed by atoms with van der Waals surface area (Å²) in [6.45, 7) is 0. The predicted molar refractivity (Wildman–Crippen MR) is 78.7 cm³/mol. The normalized spacial score (nSPS) is 13.4.